The van der Waals surface area contributed by atoms with Crippen LogP contribution in [0.1, 0.15) is 22.6 Å². The van der Waals surface area contributed by atoms with Gasteiger partial charge < -0.3 is 0 Å². The molecule has 3 heteroatoms. The van der Waals surface area contributed by atoms with Gasteiger partial charge in [-0.15, -0.1) is 0 Å². The van der Waals surface area contributed by atoms with Gasteiger partial charge in [-0.3, -0.25) is 0 Å². The van der Waals surface area contributed by atoms with Gasteiger partial charge in [0.15, 0.2) is 0 Å². The van der Waals surface area contributed by atoms with Crippen LogP contribution in [0.3, 0.4) is 0 Å². The minimum atomic E-state index is 0.366. The van der Waals surface area contributed by atoms with Crippen LogP contribution in [0, 0.1) is 0 Å². The SMILES string of the molecule is Brc1ccc2c(c1)c(C(C[Se]c1ccccc1)c1ccccc1)cn2Cc1ccccc1. The van der Waals surface area contributed by atoms with Gasteiger partial charge in [-0.2, -0.15) is 0 Å². The summed E-state index contributed by atoms with van der Waals surface area (Å²) in [5, 5.41) is 2.48. The molecule has 0 radical (unpaired) electrons. The molecule has 0 aliphatic heterocycles. The van der Waals surface area contributed by atoms with Crippen molar-refractivity contribution in [1.82, 2.24) is 4.57 Å². The van der Waals surface area contributed by atoms with E-state index in [0.717, 1.165) is 16.3 Å². The van der Waals surface area contributed by atoms with Gasteiger partial charge in [0.2, 0.25) is 0 Å². The van der Waals surface area contributed by atoms with E-state index in [-0.39, 0.29) is 0 Å². The molecule has 158 valence electrons. The molecule has 1 unspecified atom stereocenters. The number of hydrogen-bond acceptors (Lipinski definition) is 0. The third-order valence-corrected chi connectivity index (χ3v) is 8.62. The maximum absolute atomic E-state index is 3.72. The number of benzene rings is 4. The van der Waals surface area contributed by atoms with Crippen LogP contribution in [0.2, 0.25) is 5.32 Å². The van der Waals surface area contributed by atoms with E-state index in [1.54, 1.807) is 0 Å². The fourth-order valence-corrected chi connectivity index (χ4v) is 6.86. The summed E-state index contributed by atoms with van der Waals surface area (Å²) in [5.74, 6) is 0.366. The first kappa shape index (κ1) is 21.3. The average molecular weight is 545 g/mol. The standard InChI is InChI=1S/C29H24BrNSe/c30-24-16-17-29-26(18-24)27(20-31(29)19-22-10-4-1-5-11-22)28(23-12-6-2-7-13-23)21-32-25-14-8-3-9-15-25/h1-18,20,28H,19,21H2. The molecule has 0 bridgehead atoms. The molecule has 1 atom stereocenters. The number of aromatic nitrogens is 1. The van der Waals surface area contributed by atoms with Crippen molar-refractivity contribution in [2.75, 3.05) is 0 Å². The van der Waals surface area contributed by atoms with Crippen molar-refractivity contribution >= 4 is 46.3 Å². The van der Waals surface area contributed by atoms with Gasteiger partial charge in [-0.1, -0.05) is 0 Å². The third-order valence-electron chi connectivity index (χ3n) is 5.81. The van der Waals surface area contributed by atoms with Gasteiger partial charge >= 0.3 is 205 Å². The van der Waals surface area contributed by atoms with E-state index in [1.165, 1.54) is 32.1 Å². The monoisotopic (exact) mass is 545 g/mol. The molecule has 32 heavy (non-hydrogen) atoms. The average Bonchev–Trinajstić information content (AvgIpc) is 3.18. The Morgan fingerprint density at radius 1 is 0.750 bits per heavy atom. The van der Waals surface area contributed by atoms with Crippen molar-refractivity contribution in [1.29, 1.82) is 0 Å². The van der Waals surface area contributed by atoms with E-state index in [9.17, 15) is 0 Å². The van der Waals surface area contributed by atoms with Crippen molar-refractivity contribution in [3.63, 3.8) is 0 Å². The number of nitrogens with zero attached hydrogens (tertiary/aromatic N) is 1. The Labute approximate surface area is 204 Å². The van der Waals surface area contributed by atoms with E-state index < -0.39 is 0 Å². The molecule has 0 fully saturated rings. The first-order chi connectivity index (χ1) is 15.8. The molecule has 0 spiro atoms. The van der Waals surface area contributed by atoms with E-state index in [1.807, 2.05) is 0 Å². The molecule has 0 saturated carbocycles. The van der Waals surface area contributed by atoms with Crippen LogP contribution in [0.4, 0.5) is 0 Å². The predicted octanol–water partition coefficient (Wildman–Crippen LogP) is 7.03. The fourth-order valence-electron chi connectivity index (χ4n) is 4.23. The molecular formula is C29H24BrNSe. The second-order valence-corrected chi connectivity index (χ2v) is 11.2. The maximum atomic E-state index is 3.72. The van der Waals surface area contributed by atoms with Crippen LogP contribution in [-0.2, 0) is 6.54 Å². The summed E-state index contributed by atoms with van der Waals surface area (Å²) in [5.41, 5.74) is 5.43. The first-order valence-corrected chi connectivity index (χ1v) is 13.7. The van der Waals surface area contributed by atoms with Crippen molar-refractivity contribution in [2.24, 2.45) is 0 Å². The predicted molar refractivity (Wildman–Crippen MR) is 140 cm³/mol. The van der Waals surface area contributed by atoms with Crippen LogP contribution in [0.5, 0.6) is 0 Å². The Morgan fingerprint density at radius 3 is 2.12 bits per heavy atom. The molecule has 1 nitrogen and oxygen atoms in total. The molecule has 0 aliphatic rings. The molecular weight excluding hydrogens is 521 g/mol. The van der Waals surface area contributed by atoms with E-state index in [4.69, 9.17) is 0 Å². The second-order valence-electron chi connectivity index (χ2n) is 7.95. The molecule has 1 aromatic heterocycles. The second kappa shape index (κ2) is 9.92. The van der Waals surface area contributed by atoms with E-state index in [0.29, 0.717) is 20.9 Å². The summed E-state index contributed by atoms with van der Waals surface area (Å²) in [4.78, 5) is 0. The zero-order chi connectivity index (χ0) is 21.8. The summed E-state index contributed by atoms with van der Waals surface area (Å²) in [6.07, 6.45) is 2.39. The van der Waals surface area contributed by atoms with Crippen LogP contribution in [-0.4, -0.2) is 19.5 Å². The van der Waals surface area contributed by atoms with E-state index in [2.05, 4.69) is 136 Å². The molecule has 0 saturated heterocycles. The first-order valence-electron chi connectivity index (χ1n) is 10.8. The van der Waals surface area contributed by atoms with Gasteiger partial charge in [0.1, 0.15) is 0 Å². The number of halogens is 1. The van der Waals surface area contributed by atoms with Gasteiger partial charge in [-0.05, 0) is 0 Å². The zero-order valence-corrected chi connectivity index (χ0v) is 21.0. The van der Waals surface area contributed by atoms with Gasteiger partial charge in [0.25, 0.3) is 0 Å². The van der Waals surface area contributed by atoms with Crippen LogP contribution >= 0.6 is 15.9 Å². The summed E-state index contributed by atoms with van der Waals surface area (Å²) >= 11 is 4.12. The number of hydrogen-bond donors (Lipinski definition) is 0. The Morgan fingerprint density at radius 2 is 1.41 bits per heavy atom. The summed E-state index contributed by atoms with van der Waals surface area (Å²) < 4.78 is 5.00. The third kappa shape index (κ3) is 4.76. The molecule has 0 aliphatic carbocycles. The fraction of sp³-hybridized carbons (Fsp3) is 0.103. The Hall–Kier alpha value is -2.58. The van der Waals surface area contributed by atoms with Crippen molar-refractivity contribution in [3.05, 3.63) is 137 Å². The van der Waals surface area contributed by atoms with Gasteiger partial charge in [0, 0.05) is 0 Å². The van der Waals surface area contributed by atoms with Crippen LogP contribution in [0.15, 0.2) is 120 Å². The molecule has 5 aromatic rings. The van der Waals surface area contributed by atoms with Crippen molar-refractivity contribution in [3.8, 4) is 0 Å². The molecule has 0 amide bonds. The molecule has 0 N–H and O–H groups in total. The Balaban J connectivity index is 1.59. The van der Waals surface area contributed by atoms with Gasteiger partial charge in [-0.25, -0.2) is 0 Å². The zero-order valence-electron chi connectivity index (χ0n) is 17.7. The normalized spacial score (nSPS) is 12.2. The molecule has 4 aromatic carbocycles. The van der Waals surface area contributed by atoms with E-state index >= 15 is 0 Å². The number of fused-ring (bicyclic) bond motifs is 1. The molecule has 1 heterocycles. The summed E-state index contributed by atoms with van der Waals surface area (Å²) in [7, 11) is 0. The van der Waals surface area contributed by atoms with Crippen LogP contribution < -0.4 is 4.46 Å². The minimum absolute atomic E-state index is 0.366. The van der Waals surface area contributed by atoms with Crippen molar-refractivity contribution < 1.29 is 0 Å². The van der Waals surface area contributed by atoms with Gasteiger partial charge in [0.05, 0.1) is 0 Å². The van der Waals surface area contributed by atoms with Crippen molar-refractivity contribution in [2.45, 2.75) is 17.8 Å². The molecule has 5 rings (SSSR count). The Bertz CT molecular complexity index is 1300. The number of rotatable bonds is 7. The Kier molecular flexibility index (Phi) is 6.59. The van der Waals surface area contributed by atoms with Crippen LogP contribution in [0.25, 0.3) is 10.9 Å². The topological polar surface area (TPSA) is 4.93 Å². The summed E-state index contributed by atoms with van der Waals surface area (Å²) in [6.45, 7) is 0.879. The summed E-state index contributed by atoms with van der Waals surface area (Å²) in [6, 6.07) is 39.3. The quantitative estimate of drug-likeness (QED) is 0.194.